The van der Waals surface area contributed by atoms with Gasteiger partial charge in [0.25, 0.3) is 6.29 Å². The van der Waals surface area contributed by atoms with Crippen LogP contribution in [0, 0.1) is 0 Å². The Hall–Kier alpha value is -1.89. The van der Waals surface area contributed by atoms with Gasteiger partial charge < -0.3 is 14.2 Å². The van der Waals surface area contributed by atoms with Crippen molar-refractivity contribution in [1.29, 1.82) is 0 Å². The minimum atomic E-state index is -0.391. The molecule has 3 aromatic rings. The molecule has 3 aromatic carbocycles. The molecule has 0 aromatic heterocycles. The predicted molar refractivity (Wildman–Crippen MR) is 114 cm³/mol. The molecule has 6 heteroatoms. The van der Waals surface area contributed by atoms with Gasteiger partial charge in [-0.1, -0.05) is 36.0 Å². The molecule has 0 bridgehead atoms. The average molecular weight is 425 g/mol. The number of rotatable bonds is 2. The summed E-state index contributed by atoms with van der Waals surface area (Å²) in [6.45, 7) is 0. The highest BCUT2D eigenvalue weighted by molar-refractivity contribution is 8.05. The van der Waals surface area contributed by atoms with Crippen molar-refractivity contribution < 1.29 is 14.2 Å². The standard InChI is InChI=1S/C22H16O3S3/c1-2-4-18-16(3-1)25-22(28-18)14-5-7-15-17(11-14)24-21(23-15)13-6-8-19-20(12-13)27-10-9-26-19/h1-8,11-12,21-22H,9-10H2. The summed E-state index contributed by atoms with van der Waals surface area (Å²) in [5.74, 6) is 4.83. The van der Waals surface area contributed by atoms with Crippen molar-refractivity contribution in [1.82, 2.24) is 0 Å². The summed E-state index contributed by atoms with van der Waals surface area (Å²) >= 11 is 5.55. The van der Waals surface area contributed by atoms with Crippen molar-refractivity contribution in [3.8, 4) is 17.2 Å². The maximum absolute atomic E-state index is 6.16. The summed E-state index contributed by atoms with van der Waals surface area (Å²) in [6, 6.07) is 20.7. The molecular formula is C22H16O3S3. The van der Waals surface area contributed by atoms with E-state index in [4.69, 9.17) is 14.2 Å². The minimum Gasteiger partial charge on any atom is -0.473 e. The second kappa shape index (κ2) is 6.87. The highest BCUT2D eigenvalue weighted by Crippen LogP contribution is 2.50. The molecule has 0 radical (unpaired) electrons. The quantitative estimate of drug-likeness (QED) is 0.464. The summed E-state index contributed by atoms with van der Waals surface area (Å²) in [5, 5.41) is 0. The van der Waals surface area contributed by atoms with Gasteiger partial charge in [-0.05, 0) is 36.4 Å². The molecule has 28 heavy (non-hydrogen) atoms. The normalized spacial score (nSPS) is 21.7. The summed E-state index contributed by atoms with van der Waals surface area (Å²) in [5.41, 5.74) is 2.09. The Bertz CT molecular complexity index is 1040. The van der Waals surface area contributed by atoms with Crippen molar-refractivity contribution in [3.05, 3.63) is 71.8 Å². The number of para-hydroxylation sites is 1. The van der Waals surface area contributed by atoms with E-state index in [0.717, 1.165) is 34.1 Å². The molecule has 3 nitrogen and oxygen atoms in total. The van der Waals surface area contributed by atoms with E-state index in [1.165, 1.54) is 20.4 Å². The van der Waals surface area contributed by atoms with Gasteiger partial charge in [-0.15, -0.1) is 23.5 Å². The van der Waals surface area contributed by atoms with Crippen LogP contribution in [0.2, 0.25) is 0 Å². The lowest BCUT2D eigenvalue weighted by atomic mass is 10.2. The average Bonchev–Trinajstić information content (AvgIpc) is 3.37. The minimum absolute atomic E-state index is 0.0532. The molecule has 140 valence electrons. The Morgan fingerprint density at radius 1 is 0.643 bits per heavy atom. The Balaban J connectivity index is 1.24. The molecule has 6 rings (SSSR count). The van der Waals surface area contributed by atoms with Crippen LogP contribution in [0.15, 0.2) is 75.4 Å². The van der Waals surface area contributed by atoms with Gasteiger partial charge in [0.15, 0.2) is 16.9 Å². The van der Waals surface area contributed by atoms with Crippen LogP contribution in [0.4, 0.5) is 0 Å². The molecule has 0 N–H and O–H groups in total. The second-order valence-corrected chi connectivity index (χ2v) is 10.1. The lowest BCUT2D eigenvalue weighted by Gasteiger charge is -2.17. The third-order valence-corrected chi connectivity index (χ3v) is 8.56. The van der Waals surface area contributed by atoms with E-state index in [1.807, 2.05) is 53.9 Å². The van der Waals surface area contributed by atoms with Gasteiger partial charge >= 0.3 is 0 Å². The third-order valence-electron chi connectivity index (χ3n) is 4.86. The van der Waals surface area contributed by atoms with E-state index in [2.05, 4.69) is 30.3 Å². The highest BCUT2D eigenvalue weighted by Gasteiger charge is 2.30. The molecule has 0 fully saturated rings. The van der Waals surface area contributed by atoms with Crippen LogP contribution in [-0.4, -0.2) is 11.5 Å². The molecule has 0 saturated carbocycles. The van der Waals surface area contributed by atoms with Crippen molar-refractivity contribution in [2.45, 2.75) is 26.4 Å². The molecule has 2 unspecified atom stereocenters. The predicted octanol–water partition coefficient (Wildman–Crippen LogP) is 6.54. The van der Waals surface area contributed by atoms with Gasteiger partial charge in [0, 0.05) is 32.4 Å². The topological polar surface area (TPSA) is 27.7 Å². The first-order chi connectivity index (χ1) is 13.8. The molecule has 0 saturated heterocycles. The smallest absolute Gasteiger partial charge is 0.268 e. The first-order valence-corrected chi connectivity index (χ1v) is 12.0. The SMILES string of the molecule is c1ccc2c(c1)OC(c1ccc3c(c1)OC(c1ccc4c(c1)SCCS4)O3)S2. The highest BCUT2D eigenvalue weighted by atomic mass is 32.2. The molecule has 3 aliphatic rings. The van der Waals surface area contributed by atoms with Gasteiger partial charge in [-0.2, -0.15) is 0 Å². The molecule has 0 amide bonds. The van der Waals surface area contributed by atoms with E-state index in [9.17, 15) is 0 Å². The Morgan fingerprint density at radius 2 is 1.46 bits per heavy atom. The lowest BCUT2D eigenvalue weighted by Crippen LogP contribution is -2.08. The van der Waals surface area contributed by atoms with Crippen LogP contribution in [-0.2, 0) is 0 Å². The monoisotopic (exact) mass is 424 g/mol. The number of thioether (sulfide) groups is 3. The fraction of sp³-hybridized carbons (Fsp3) is 0.182. The fourth-order valence-electron chi connectivity index (χ4n) is 3.49. The van der Waals surface area contributed by atoms with Gasteiger partial charge in [-0.25, -0.2) is 0 Å². The number of fused-ring (bicyclic) bond motifs is 3. The summed E-state index contributed by atoms with van der Waals surface area (Å²) < 4.78 is 18.3. The van der Waals surface area contributed by atoms with Gasteiger partial charge in [0.05, 0.1) is 4.90 Å². The van der Waals surface area contributed by atoms with Crippen molar-refractivity contribution in [2.75, 3.05) is 11.5 Å². The zero-order valence-electron chi connectivity index (χ0n) is 14.8. The van der Waals surface area contributed by atoms with Gasteiger partial charge in [0.2, 0.25) is 0 Å². The largest absolute Gasteiger partial charge is 0.473 e. The van der Waals surface area contributed by atoms with Crippen LogP contribution >= 0.6 is 35.3 Å². The lowest BCUT2D eigenvalue weighted by molar-refractivity contribution is 0.0484. The molecule has 2 atom stereocenters. The summed E-state index contributed by atoms with van der Waals surface area (Å²) in [7, 11) is 0. The molecule has 3 aliphatic heterocycles. The van der Waals surface area contributed by atoms with E-state index in [-0.39, 0.29) is 5.44 Å². The first-order valence-electron chi connectivity index (χ1n) is 9.13. The maximum atomic E-state index is 6.16. The van der Waals surface area contributed by atoms with Crippen molar-refractivity contribution in [2.24, 2.45) is 0 Å². The van der Waals surface area contributed by atoms with Crippen LogP contribution in [0.1, 0.15) is 22.9 Å². The molecule has 0 aliphatic carbocycles. The van der Waals surface area contributed by atoms with Gasteiger partial charge in [0.1, 0.15) is 5.75 Å². The van der Waals surface area contributed by atoms with E-state index >= 15 is 0 Å². The van der Waals surface area contributed by atoms with Crippen molar-refractivity contribution in [3.63, 3.8) is 0 Å². The number of hydrogen-bond acceptors (Lipinski definition) is 6. The summed E-state index contributed by atoms with van der Waals surface area (Å²) in [4.78, 5) is 3.85. The number of benzene rings is 3. The third kappa shape index (κ3) is 2.95. The van der Waals surface area contributed by atoms with Crippen LogP contribution < -0.4 is 14.2 Å². The van der Waals surface area contributed by atoms with Crippen LogP contribution in [0.5, 0.6) is 17.2 Å². The molecule has 3 heterocycles. The maximum Gasteiger partial charge on any atom is 0.268 e. The van der Waals surface area contributed by atoms with Crippen LogP contribution in [0.25, 0.3) is 0 Å². The van der Waals surface area contributed by atoms with Crippen molar-refractivity contribution >= 4 is 35.3 Å². The van der Waals surface area contributed by atoms with E-state index in [1.54, 1.807) is 11.8 Å². The molecular weight excluding hydrogens is 408 g/mol. The first kappa shape index (κ1) is 17.0. The Labute approximate surface area is 176 Å². The van der Waals surface area contributed by atoms with E-state index in [0.29, 0.717) is 0 Å². The Kier molecular flexibility index (Phi) is 4.17. The van der Waals surface area contributed by atoms with Crippen LogP contribution in [0.3, 0.4) is 0 Å². The van der Waals surface area contributed by atoms with E-state index < -0.39 is 6.29 Å². The number of ether oxygens (including phenoxy) is 3. The molecule has 0 spiro atoms. The zero-order valence-corrected chi connectivity index (χ0v) is 17.2. The summed E-state index contributed by atoms with van der Waals surface area (Å²) in [6.07, 6.45) is -0.391. The second-order valence-electron chi connectivity index (χ2n) is 6.69. The number of hydrogen-bond donors (Lipinski definition) is 0. The van der Waals surface area contributed by atoms with Gasteiger partial charge in [-0.3, -0.25) is 0 Å². The Morgan fingerprint density at radius 3 is 2.39 bits per heavy atom. The zero-order chi connectivity index (χ0) is 18.5. The fourth-order valence-corrected chi connectivity index (χ4v) is 6.80.